The predicted octanol–water partition coefficient (Wildman–Crippen LogP) is 11.9. The maximum atomic E-state index is 2.54. The van der Waals surface area contributed by atoms with Gasteiger partial charge in [0.1, 0.15) is 0 Å². The molecule has 0 atom stereocenters. The molecule has 47 heavy (non-hydrogen) atoms. The summed E-state index contributed by atoms with van der Waals surface area (Å²) in [6, 6.07) is 61.3. The highest BCUT2D eigenvalue weighted by atomic mass is 32.2. The van der Waals surface area contributed by atoms with E-state index in [1.807, 2.05) is 11.8 Å². The second-order valence-corrected chi connectivity index (χ2v) is 13.9. The van der Waals surface area contributed by atoms with Gasteiger partial charge in [-0.15, -0.1) is 0 Å². The van der Waals surface area contributed by atoms with E-state index in [1.165, 1.54) is 92.2 Å². The minimum absolute atomic E-state index is 0.396. The van der Waals surface area contributed by atoms with Crippen LogP contribution in [0.15, 0.2) is 174 Å². The summed E-state index contributed by atoms with van der Waals surface area (Å²) in [4.78, 5) is 2.64. The summed E-state index contributed by atoms with van der Waals surface area (Å²) in [7, 11) is 0. The minimum atomic E-state index is -0.396. The van der Waals surface area contributed by atoms with E-state index in [1.54, 1.807) is 0 Å². The van der Waals surface area contributed by atoms with Crippen LogP contribution >= 0.6 is 11.8 Å². The summed E-state index contributed by atoms with van der Waals surface area (Å²) >= 11 is 1.91. The van der Waals surface area contributed by atoms with Crippen LogP contribution in [0, 0.1) is 0 Å². The first-order valence-corrected chi connectivity index (χ1v) is 17.1. The van der Waals surface area contributed by atoms with Crippen LogP contribution < -0.4 is 0 Å². The second-order valence-electron chi connectivity index (χ2n) is 12.9. The lowest BCUT2D eigenvalue weighted by Crippen LogP contribution is -2.31. The van der Waals surface area contributed by atoms with Gasteiger partial charge < -0.3 is 4.57 Å². The molecule has 8 aromatic carbocycles. The molecule has 0 amide bonds. The normalized spacial score (nSPS) is 14.0. The molecule has 1 aliphatic carbocycles. The van der Waals surface area contributed by atoms with Crippen LogP contribution in [0.1, 0.15) is 22.3 Å². The Morgan fingerprint density at radius 2 is 1.04 bits per heavy atom. The summed E-state index contributed by atoms with van der Waals surface area (Å²) in [5.41, 5.74) is 11.5. The van der Waals surface area contributed by atoms with E-state index in [9.17, 15) is 0 Å². The van der Waals surface area contributed by atoms with Gasteiger partial charge in [0.25, 0.3) is 0 Å². The molecule has 1 aliphatic heterocycles. The lowest BCUT2D eigenvalue weighted by atomic mass is 9.67. The van der Waals surface area contributed by atoms with Crippen molar-refractivity contribution in [2.45, 2.75) is 15.2 Å². The number of nitrogens with zero attached hydrogens (tertiary/aromatic N) is 1. The fourth-order valence-electron chi connectivity index (χ4n) is 8.71. The number of rotatable bonds is 1. The molecule has 1 spiro atoms. The van der Waals surface area contributed by atoms with Gasteiger partial charge in [-0.1, -0.05) is 145 Å². The zero-order chi connectivity index (χ0) is 30.7. The summed E-state index contributed by atoms with van der Waals surface area (Å²) in [6.45, 7) is 0. The topological polar surface area (TPSA) is 4.93 Å². The van der Waals surface area contributed by atoms with Gasteiger partial charge in [0.2, 0.25) is 0 Å². The molecule has 0 saturated heterocycles. The Kier molecular flexibility index (Phi) is 5.04. The molecule has 1 nitrogen and oxygen atoms in total. The molecule has 0 bridgehead atoms. The third kappa shape index (κ3) is 3.26. The lowest BCUT2D eigenvalue weighted by Gasteiger charge is -2.39. The maximum absolute atomic E-state index is 2.54. The van der Waals surface area contributed by atoms with Crippen molar-refractivity contribution in [3.05, 3.63) is 186 Å². The van der Waals surface area contributed by atoms with E-state index in [0.717, 1.165) is 0 Å². The number of hydrogen-bond donors (Lipinski definition) is 0. The van der Waals surface area contributed by atoms with Crippen molar-refractivity contribution in [3.63, 3.8) is 0 Å². The molecule has 0 saturated carbocycles. The zero-order valence-corrected chi connectivity index (χ0v) is 26.3. The lowest BCUT2D eigenvalue weighted by molar-refractivity contribution is 0.724. The van der Waals surface area contributed by atoms with Crippen molar-refractivity contribution in [1.82, 2.24) is 4.57 Å². The highest BCUT2D eigenvalue weighted by Gasteiger charge is 2.50. The molecular formula is C45H27NS. The second kappa shape index (κ2) is 9.25. The van der Waals surface area contributed by atoms with Crippen molar-refractivity contribution in [2.75, 3.05) is 0 Å². The van der Waals surface area contributed by atoms with Crippen molar-refractivity contribution in [1.29, 1.82) is 0 Å². The van der Waals surface area contributed by atoms with Crippen molar-refractivity contribution in [3.8, 4) is 16.8 Å². The maximum Gasteiger partial charge on any atom is 0.0735 e. The Morgan fingerprint density at radius 3 is 1.85 bits per heavy atom. The van der Waals surface area contributed by atoms with E-state index in [2.05, 4.69) is 168 Å². The molecule has 2 heteroatoms. The van der Waals surface area contributed by atoms with Crippen LogP contribution in [0.25, 0.3) is 60.2 Å². The molecule has 11 rings (SSSR count). The summed E-state index contributed by atoms with van der Waals surface area (Å²) in [6.07, 6.45) is 0. The number of fused-ring (bicyclic) bond motifs is 15. The SMILES string of the molecule is c1ccc2c(c1)Sc1cc3c(cc1C21c2ccccc2-c2ccccc21)c1ccc2ccccc2c1n3-c1ccc2ccccc2c1. The van der Waals surface area contributed by atoms with E-state index < -0.39 is 5.41 Å². The Morgan fingerprint density at radius 1 is 0.404 bits per heavy atom. The average Bonchev–Trinajstić information content (AvgIpc) is 3.61. The van der Waals surface area contributed by atoms with E-state index in [-0.39, 0.29) is 0 Å². The molecule has 2 heterocycles. The fraction of sp³-hybridized carbons (Fsp3) is 0.0222. The Balaban J connectivity index is 1.32. The molecule has 9 aromatic rings. The number of aromatic nitrogens is 1. The van der Waals surface area contributed by atoms with Gasteiger partial charge in [-0.05, 0) is 79.9 Å². The van der Waals surface area contributed by atoms with Gasteiger partial charge in [-0.3, -0.25) is 0 Å². The monoisotopic (exact) mass is 613 g/mol. The molecule has 1 aromatic heterocycles. The summed E-state index contributed by atoms with van der Waals surface area (Å²) in [5, 5.41) is 7.61. The van der Waals surface area contributed by atoms with E-state index in [0.29, 0.717) is 0 Å². The Labute approximate surface area is 276 Å². The van der Waals surface area contributed by atoms with Gasteiger partial charge in [0.15, 0.2) is 0 Å². The van der Waals surface area contributed by atoms with E-state index in [4.69, 9.17) is 0 Å². The summed E-state index contributed by atoms with van der Waals surface area (Å²) < 4.78 is 2.52. The van der Waals surface area contributed by atoms with Gasteiger partial charge in [-0.2, -0.15) is 0 Å². The van der Waals surface area contributed by atoms with Crippen LogP contribution in [0.5, 0.6) is 0 Å². The minimum Gasteiger partial charge on any atom is -0.309 e. The summed E-state index contributed by atoms with van der Waals surface area (Å²) in [5.74, 6) is 0. The van der Waals surface area contributed by atoms with Crippen LogP contribution in [0.4, 0.5) is 0 Å². The van der Waals surface area contributed by atoms with Crippen LogP contribution in [-0.2, 0) is 5.41 Å². The molecule has 0 radical (unpaired) electrons. The highest BCUT2D eigenvalue weighted by molar-refractivity contribution is 7.99. The van der Waals surface area contributed by atoms with Crippen molar-refractivity contribution < 1.29 is 0 Å². The van der Waals surface area contributed by atoms with Crippen molar-refractivity contribution >= 4 is 55.1 Å². The first-order chi connectivity index (χ1) is 23.3. The Hall–Kier alpha value is -5.57. The molecule has 218 valence electrons. The number of hydrogen-bond acceptors (Lipinski definition) is 1. The third-order valence-electron chi connectivity index (χ3n) is 10.6. The van der Waals surface area contributed by atoms with Crippen LogP contribution in [-0.4, -0.2) is 4.57 Å². The third-order valence-corrected chi connectivity index (χ3v) is 11.7. The molecular weight excluding hydrogens is 587 g/mol. The standard InChI is InChI=1S/C45H27NS/c1-2-13-30-25-31(23-21-28(30)11-1)46-41-27-43-40(26-36(41)35-24-22-29-12-3-4-14-32(29)44(35)46)45(39-19-9-10-20-42(39)47-43)37-17-7-5-15-33(37)34-16-6-8-18-38(34)45/h1-27H. The molecule has 0 unspecified atom stereocenters. The van der Waals surface area contributed by atoms with E-state index >= 15 is 0 Å². The highest BCUT2D eigenvalue weighted by Crippen LogP contribution is 2.62. The molecule has 0 fully saturated rings. The zero-order valence-electron chi connectivity index (χ0n) is 25.4. The van der Waals surface area contributed by atoms with Crippen molar-refractivity contribution in [2.24, 2.45) is 0 Å². The van der Waals surface area contributed by atoms with Gasteiger partial charge >= 0.3 is 0 Å². The van der Waals surface area contributed by atoms with Gasteiger partial charge in [0, 0.05) is 31.6 Å². The van der Waals surface area contributed by atoms with Crippen LogP contribution in [0.2, 0.25) is 0 Å². The number of benzene rings is 8. The first-order valence-electron chi connectivity index (χ1n) is 16.3. The largest absolute Gasteiger partial charge is 0.309 e. The Bertz CT molecular complexity index is 2740. The fourth-order valence-corrected chi connectivity index (χ4v) is 9.92. The molecule has 0 N–H and O–H groups in total. The average molecular weight is 614 g/mol. The van der Waals surface area contributed by atoms with Gasteiger partial charge in [0.05, 0.1) is 16.4 Å². The molecule has 2 aliphatic rings. The van der Waals surface area contributed by atoms with Gasteiger partial charge in [-0.25, -0.2) is 0 Å². The van der Waals surface area contributed by atoms with Crippen LogP contribution in [0.3, 0.4) is 0 Å². The quantitative estimate of drug-likeness (QED) is 0.178. The smallest absolute Gasteiger partial charge is 0.0735 e. The first kappa shape index (κ1) is 25.6. The predicted molar refractivity (Wildman–Crippen MR) is 197 cm³/mol.